The van der Waals surface area contributed by atoms with Crippen LogP contribution in [0.1, 0.15) is 48.2 Å². The second-order valence-corrected chi connectivity index (χ2v) is 13.4. The lowest BCUT2D eigenvalue weighted by molar-refractivity contribution is 0.0968. The Labute approximate surface area is 255 Å². The van der Waals surface area contributed by atoms with Crippen LogP contribution in [0.2, 0.25) is 10.0 Å². The fourth-order valence-corrected chi connectivity index (χ4v) is 8.77. The molecule has 3 atom stereocenters. The number of benzene rings is 3. The van der Waals surface area contributed by atoms with Gasteiger partial charge in [-0.05, 0) is 60.4 Å². The molecule has 0 amide bonds. The van der Waals surface area contributed by atoms with Crippen molar-refractivity contribution in [3.8, 4) is 11.5 Å². The van der Waals surface area contributed by atoms with Crippen molar-refractivity contribution in [3.05, 3.63) is 99.6 Å². The van der Waals surface area contributed by atoms with Crippen LogP contribution in [0.3, 0.4) is 0 Å². The van der Waals surface area contributed by atoms with Crippen LogP contribution in [-0.4, -0.2) is 32.6 Å². The second kappa shape index (κ2) is 13.1. The molecular weight excluding hydrogens is 599 g/mol. The Hall–Kier alpha value is -2.68. The molecule has 5 nitrogen and oxygen atoms in total. The lowest BCUT2D eigenvalue weighted by Crippen LogP contribution is -2.32. The molecule has 3 unspecified atom stereocenters. The highest BCUT2D eigenvalue weighted by Gasteiger charge is 2.37. The van der Waals surface area contributed by atoms with Crippen molar-refractivity contribution in [2.75, 3.05) is 13.2 Å². The first-order valence-electron chi connectivity index (χ1n) is 13.5. The Kier molecular flexibility index (Phi) is 9.52. The molecule has 41 heavy (non-hydrogen) atoms. The highest BCUT2D eigenvalue weighted by atomic mass is 35.5. The van der Waals surface area contributed by atoms with Gasteiger partial charge in [-0.25, -0.2) is 4.21 Å². The zero-order valence-electron chi connectivity index (χ0n) is 22.7. The van der Waals surface area contributed by atoms with Gasteiger partial charge < -0.3 is 14.0 Å². The molecule has 0 radical (unpaired) electrons. The lowest BCUT2D eigenvalue weighted by Gasteiger charge is -2.27. The number of ketones is 1. The normalized spacial score (nSPS) is 19.8. The number of thiol groups is 1. The molecule has 0 saturated heterocycles. The minimum absolute atomic E-state index is 0.109. The van der Waals surface area contributed by atoms with Gasteiger partial charge in [-0.15, -0.1) is 10.8 Å². The van der Waals surface area contributed by atoms with Crippen LogP contribution in [0.25, 0.3) is 0 Å². The molecule has 3 aromatic carbocycles. The number of carbonyl (C=O) groups excluding carboxylic acids is 1. The van der Waals surface area contributed by atoms with Gasteiger partial charge in [-0.1, -0.05) is 73.5 Å². The second-order valence-electron chi connectivity index (χ2n) is 9.68. The largest absolute Gasteiger partial charge is 0.646 e. The molecule has 214 valence electrons. The molecular formula is C32H30Cl2O5S2. The molecule has 0 N–H and O–H groups in total. The predicted molar refractivity (Wildman–Crippen MR) is 167 cm³/mol. The van der Waals surface area contributed by atoms with Crippen LogP contribution >= 0.6 is 23.2 Å². The summed E-state index contributed by atoms with van der Waals surface area (Å²) in [5, 5.41) is 0.996. The average Bonchev–Trinajstić information content (AvgIpc) is 2.99. The first kappa shape index (κ1) is 29.8. The molecule has 0 fully saturated rings. The number of hydrogen-bond donors (Lipinski definition) is 0. The van der Waals surface area contributed by atoms with E-state index in [1.807, 2.05) is 43.3 Å². The first-order valence-corrected chi connectivity index (χ1v) is 16.7. The highest BCUT2D eigenvalue weighted by molar-refractivity contribution is 7.92. The smallest absolute Gasteiger partial charge is 0.185 e. The van der Waals surface area contributed by atoms with Gasteiger partial charge in [0.15, 0.2) is 16.4 Å². The van der Waals surface area contributed by atoms with E-state index in [4.69, 9.17) is 32.7 Å². The van der Waals surface area contributed by atoms with Gasteiger partial charge in [0.1, 0.15) is 16.5 Å². The Morgan fingerprint density at radius 1 is 0.951 bits per heavy atom. The molecule has 3 aliphatic rings. The third-order valence-electron chi connectivity index (χ3n) is 6.87. The Morgan fingerprint density at radius 3 is 2.39 bits per heavy atom. The van der Waals surface area contributed by atoms with E-state index in [0.717, 1.165) is 33.8 Å². The summed E-state index contributed by atoms with van der Waals surface area (Å²) in [5.74, 6) is 0.617. The fourth-order valence-electron chi connectivity index (χ4n) is 4.95. The summed E-state index contributed by atoms with van der Waals surface area (Å²) in [5.41, 5.74) is 2.35. The monoisotopic (exact) mass is 628 g/mol. The fraction of sp³-hybridized carbons (Fsp3) is 0.250. The molecule has 1 aliphatic carbocycles. The maximum Gasteiger partial charge on any atom is 0.185 e. The van der Waals surface area contributed by atoms with Gasteiger partial charge in [-0.3, -0.25) is 4.79 Å². The standard InChI is InChI=1S/C16H15ClO3S.C16H15ClO2S/c1-2-9-20-12-8-7-11(17)14-15(18)10-5-3-4-6-13(10)21(19)16(12)14;1-2-9-19-14-8-7-13(17)12-10-11-5-3-4-6-15(11)20(18)16(12)14/h3-8,10,21H,2,9H2,1H3;3-8H,2,9-10H2,1H3. The number of Topliss-reactive ketones (excluding diaryl/α,β-unsaturated/α-hetero) is 1. The number of rotatable bonds is 6. The zero-order valence-corrected chi connectivity index (χ0v) is 25.9. The van der Waals surface area contributed by atoms with Crippen molar-refractivity contribution in [2.24, 2.45) is 5.92 Å². The van der Waals surface area contributed by atoms with Gasteiger partial charge in [0, 0.05) is 16.3 Å². The van der Waals surface area contributed by atoms with Crippen LogP contribution in [0.5, 0.6) is 11.5 Å². The van der Waals surface area contributed by atoms with Crippen molar-refractivity contribution < 1.29 is 23.0 Å². The van der Waals surface area contributed by atoms with Crippen molar-refractivity contribution in [1.82, 2.24) is 0 Å². The highest BCUT2D eigenvalue weighted by Crippen LogP contribution is 2.41. The maximum absolute atomic E-state index is 12.9. The van der Waals surface area contributed by atoms with E-state index in [2.05, 4.69) is 6.92 Å². The molecule has 0 bridgehead atoms. The summed E-state index contributed by atoms with van der Waals surface area (Å²) in [6.07, 6.45) is 9.59. The quantitative estimate of drug-likeness (QED) is 0.127. The van der Waals surface area contributed by atoms with E-state index in [9.17, 15) is 13.6 Å². The zero-order chi connectivity index (χ0) is 29.1. The van der Waals surface area contributed by atoms with Gasteiger partial charge in [0.2, 0.25) is 0 Å². The van der Waals surface area contributed by atoms with Crippen LogP contribution in [0.4, 0.5) is 0 Å². The number of fused-ring (bicyclic) bond motifs is 4. The van der Waals surface area contributed by atoms with Crippen molar-refractivity contribution in [1.29, 1.82) is 0 Å². The Bertz CT molecular complexity index is 1630. The molecule has 0 spiro atoms. The minimum atomic E-state index is -1.85. The number of carbonyl (C=O) groups is 1. The molecule has 2 aliphatic heterocycles. The number of halogens is 2. The number of hydrogen-bond acceptors (Lipinski definition) is 5. The van der Waals surface area contributed by atoms with E-state index in [1.165, 1.54) is 0 Å². The molecule has 2 heterocycles. The maximum atomic E-state index is 12.9. The Balaban J connectivity index is 0.000000165. The number of allylic oxidation sites excluding steroid dienone is 4. The van der Waals surface area contributed by atoms with Crippen molar-refractivity contribution in [3.63, 3.8) is 0 Å². The topological polar surface area (TPSA) is 75.7 Å². The SMILES string of the molecule is CCCOc1ccc(Cl)c2c1S(=O)c1ccccc1C2.CCCOc1ccc(Cl)c2c1[SH+]([O-])=C1C=CC=CC1C2=O. The summed E-state index contributed by atoms with van der Waals surface area (Å²) in [7, 11) is -3.07. The summed E-state index contributed by atoms with van der Waals surface area (Å²) in [4.78, 5) is 15.4. The van der Waals surface area contributed by atoms with Crippen molar-refractivity contribution >= 4 is 55.4 Å². The summed E-state index contributed by atoms with van der Waals surface area (Å²) in [6.45, 7) is 5.18. The lowest BCUT2D eigenvalue weighted by atomic mass is 9.91. The summed E-state index contributed by atoms with van der Waals surface area (Å²) in [6, 6.07) is 14.8. The first-order chi connectivity index (χ1) is 19.9. The van der Waals surface area contributed by atoms with Crippen LogP contribution < -0.4 is 9.47 Å². The van der Waals surface area contributed by atoms with E-state index < -0.39 is 27.5 Å². The average molecular weight is 630 g/mol. The summed E-state index contributed by atoms with van der Waals surface area (Å²) < 4.78 is 37.1. The van der Waals surface area contributed by atoms with E-state index >= 15 is 0 Å². The van der Waals surface area contributed by atoms with Gasteiger partial charge in [0.25, 0.3) is 0 Å². The molecule has 3 aromatic rings. The third kappa shape index (κ3) is 5.84. The predicted octanol–water partition coefficient (Wildman–Crippen LogP) is 7.28. The van der Waals surface area contributed by atoms with E-state index in [-0.39, 0.29) is 5.78 Å². The molecule has 6 rings (SSSR count). The van der Waals surface area contributed by atoms with Crippen LogP contribution in [0.15, 0.2) is 87.5 Å². The van der Waals surface area contributed by atoms with Crippen LogP contribution in [-0.2, 0) is 28.0 Å². The third-order valence-corrected chi connectivity index (χ3v) is 10.9. The summed E-state index contributed by atoms with van der Waals surface area (Å²) >= 11 is 12.5. The minimum Gasteiger partial charge on any atom is -0.646 e. The van der Waals surface area contributed by atoms with Gasteiger partial charge >= 0.3 is 0 Å². The van der Waals surface area contributed by atoms with E-state index in [1.54, 1.807) is 36.4 Å². The number of ether oxygens (including phenoxy) is 2. The van der Waals surface area contributed by atoms with Gasteiger partial charge in [0.05, 0.1) is 39.5 Å². The van der Waals surface area contributed by atoms with Crippen LogP contribution in [0, 0.1) is 5.92 Å². The van der Waals surface area contributed by atoms with Gasteiger partial charge in [-0.2, -0.15) is 0 Å². The molecule has 0 saturated carbocycles. The van der Waals surface area contributed by atoms with E-state index in [0.29, 0.717) is 56.5 Å². The molecule has 0 aromatic heterocycles. The van der Waals surface area contributed by atoms with Crippen molar-refractivity contribution in [2.45, 2.75) is 47.8 Å². The molecule has 9 heteroatoms. The Morgan fingerprint density at radius 2 is 1.63 bits per heavy atom.